The number of piperidine rings is 1. The summed E-state index contributed by atoms with van der Waals surface area (Å²) in [6.45, 7) is 5.01. The second-order valence-corrected chi connectivity index (χ2v) is 9.43. The number of hydrogen-bond acceptors (Lipinski definition) is 4. The van der Waals surface area contributed by atoms with Gasteiger partial charge in [-0.05, 0) is 55.3 Å². The van der Waals surface area contributed by atoms with Crippen molar-refractivity contribution in [3.05, 3.63) is 59.2 Å². The van der Waals surface area contributed by atoms with Crippen LogP contribution in [0.4, 0.5) is 8.78 Å². The van der Waals surface area contributed by atoms with Gasteiger partial charge >= 0.3 is 0 Å². The van der Waals surface area contributed by atoms with Gasteiger partial charge in [0.1, 0.15) is 11.9 Å². The molecule has 0 unspecified atom stereocenters. The maximum atomic E-state index is 13.3. The van der Waals surface area contributed by atoms with Crippen LogP contribution in [0.5, 0.6) is 5.75 Å². The van der Waals surface area contributed by atoms with E-state index in [4.69, 9.17) is 4.74 Å². The maximum absolute atomic E-state index is 13.3. The molecule has 1 aliphatic heterocycles. The summed E-state index contributed by atoms with van der Waals surface area (Å²) < 4.78 is 58.9. The van der Waals surface area contributed by atoms with Crippen LogP contribution in [-0.4, -0.2) is 45.0 Å². The van der Waals surface area contributed by atoms with Gasteiger partial charge in [0.15, 0.2) is 11.6 Å². The molecule has 0 saturated carbocycles. The molecule has 1 N–H and O–H groups in total. The Kier molecular flexibility index (Phi) is 7.27. The molecule has 3 rings (SSSR count). The Labute approximate surface area is 181 Å². The summed E-state index contributed by atoms with van der Waals surface area (Å²) in [6, 6.07) is 8.30. The zero-order valence-electron chi connectivity index (χ0n) is 17.5. The van der Waals surface area contributed by atoms with E-state index in [0.29, 0.717) is 32.0 Å². The lowest BCUT2D eigenvalue weighted by Crippen LogP contribution is -2.42. The Morgan fingerprint density at radius 3 is 2.42 bits per heavy atom. The molecular formula is C22H26F2N2O4S. The Hall–Kier alpha value is -2.52. The molecule has 2 aromatic rings. The van der Waals surface area contributed by atoms with Gasteiger partial charge < -0.3 is 9.64 Å². The highest BCUT2D eigenvalue weighted by Crippen LogP contribution is 2.22. The van der Waals surface area contributed by atoms with Gasteiger partial charge in [-0.15, -0.1) is 0 Å². The third-order valence-electron chi connectivity index (χ3n) is 5.41. The first kappa shape index (κ1) is 23.1. The van der Waals surface area contributed by atoms with Gasteiger partial charge in [0.2, 0.25) is 15.9 Å². The van der Waals surface area contributed by atoms with Gasteiger partial charge in [-0.2, -0.15) is 0 Å². The molecule has 1 aliphatic rings. The number of hydrogen-bond donors (Lipinski definition) is 1. The van der Waals surface area contributed by atoms with E-state index in [0.717, 1.165) is 23.4 Å². The van der Waals surface area contributed by atoms with Crippen molar-refractivity contribution in [1.82, 2.24) is 9.62 Å². The topological polar surface area (TPSA) is 75.7 Å². The first-order chi connectivity index (χ1) is 14.7. The van der Waals surface area contributed by atoms with Crippen molar-refractivity contribution >= 4 is 15.9 Å². The van der Waals surface area contributed by atoms with Crippen LogP contribution < -0.4 is 9.46 Å². The molecule has 9 heteroatoms. The van der Waals surface area contributed by atoms with Crippen LogP contribution in [-0.2, 0) is 14.8 Å². The van der Waals surface area contributed by atoms with E-state index in [2.05, 4.69) is 4.72 Å². The summed E-state index contributed by atoms with van der Waals surface area (Å²) in [5.74, 6) is -1.72. The zero-order valence-corrected chi connectivity index (χ0v) is 18.3. The van der Waals surface area contributed by atoms with Gasteiger partial charge in [0.25, 0.3) is 0 Å². The molecule has 1 saturated heterocycles. The van der Waals surface area contributed by atoms with Gasteiger partial charge in [-0.3, -0.25) is 4.79 Å². The lowest BCUT2D eigenvalue weighted by molar-refractivity contribution is -0.132. The minimum Gasteiger partial charge on any atom is -0.490 e. The van der Waals surface area contributed by atoms with E-state index in [1.807, 2.05) is 32.0 Å². The lowest BCUT2D eigenvalue weighted by Gasteiger charge is -2.32. The molecule has 1 heterocycles. The highest BCUT2D eigenvalue weighted by molar-refractivity contribution is 7.89. The van der Waals surface area contributed by atoms with Gasteiger partial charge in [-0.1, -0.05) is 6.07 Å². The van der Waals surface area contributed by atoms with Crippen LogP contribution in [0.15, 0.2) is 41.3 Å². The van der Waals surface area contributed by atoms with Crippen molar-refractivity contribution in [1.29, 1.82) is 0 Å². The fourth-order valence-electron chi connectivity index (χ4n) is 3.38. The monoisotopic (exact) mass is 452 g/mol. The zero-order chi connectivity index (χ0) is 22.6. The number of carbonyl (C=O) groups excluding carboxylic acids is 1. The molecule has 0 radical (unpaired) electrons. The van der Waals surface area contributed by atoms with Crippen molar-refractivity contribution < 1.29 is 26.7 Å². The quantitative estimate of drug-likeness (QED) is 0.699. The Bertz CT molecular complexity index is 1050. The first-order valence-electron chi connectivity index (χ1n) is 10.1. The average molecular weight is 453 g/mol. The summed E-state index contributed by atoms with van der Waals surface area (Å²) in [4.78, 5) is 13.7. The molecular weight excluding hydrogens is 426 g/mol. The third kappa shape index (κ3) is 6.01. The molecule has 0 bridgehead atoms. The maximum Gasteiger partial charge on any atom is 0.240 e. The fraction of sp³-hybridized carbons (Fsp3) is 0.409. The van der Waals surface area contributed by atoms with E-state index in [9.17, 15) is 22.0 Å². The summed E-state index contributed by atoms with van der Waals surface area (Å²) in [6.07, 6.45) is 1.39. The Balaban J connectivity index is 1.44. The number of aryl methyl sites for hydroxylation is 2. The van der Waals surface area contributed by atoms with Crippen LogP contribution in [0.3, 0.4) is 0 Å². The molecule has 0 atom stereocenters. The normalized spacial score (nSPS) is 15.2. The number of likely N-dealkylation sites (tertiary alicyclic amines) is 1. The van der Waals surface area contributed by atoms with Gasteiger partial charge in [0.05, 0.1) is 4.90 Å². The van der Waals surface area contributed by atoms with Crippen molar-refractivity contribution in [2.24, 2.45) is 0 Å². The highest BCUT2D eigenvalue weighted by Gasteiger charge is 2.24. The minimum atomic E-state index is -4.02. The SMILES string of the molecule is Cc1ccc(OC2CCN(C(=O)CCNS(=O)(=O)c3ccc(F)c(F)c3)CC2)cc1C. The molecule has 1 fully saturated rings. The van der Waals surface area contributed by atoms with Crippen LogP contribution >= 0.6 is 0 Å². The van der Waals surface area contributed by atoms with Crippen molar-refractivity contribution in [2.45, 2.75) is 44.1 Å². The van der Waals surface area contributed by atoms with Crippen LogP contribution in [0.1, 0.15) is 30.4 Å². The van der Waals surface area contributed by atoms with E-state index < -0.39 is 21.7 Å². The summed E-state index contributed by atoms with van der Waals surface area (Å²) in [5.41, 5.74) is 2.36. The number of nitrogens with zero attached hydrogens (tertiary/aromatic N) is 1. The van der Waals surface area contributed by atoms with Crippen molar-refractivity contribution in [3.8, 4) is 5.75 Å². The summed E-state index contributed by atoms with van der Waals surface area (Å²) in [5, 5.41) is 0. The molecule has 1 amide bonds. The van der Waals surface area contributed by atoms with E-state index in [1.165, 1.54) is 5.56 Å². The standard InChI is InChI=1S/C22H26F2N2O4S/c1-15-3-4-18(13-16(15)2)30-17-8-11-26(12-9-17)22(27)7-10-25-31(28,29)19-5-6-20(23)21(24)14-19/h3-6,13-14,17,25H,7-12H2,1-2H3. The molecule has 31 heavy (non-hydrogen) atoms. The average Bonchev–Trinajstić information content (AvgIpc) is 2.73. The van der Waals surface area contributed by atoms with Crippen molar-refractivity contribution in [3.63, 3.8) is 0 Å². The number of ether oxygens (including phenoxy) is 1. The lowest BCUT2D eigenvalue weighted by atomic mass is 10.1. The van der Waals surface area contributed by atoms with Crippen LogP contribution in [0.25, 0.3) is 0 Å². The fourth-order valence-corrected chi connectivity index (χ4v) is 4.42. The van der Waals surface area contributed by atoms with Crippen LogP contribution in [0, 0.1) is 25.5 Å². The second-order valence-electron chi connectivity index (χ2n) is 7.67. The van der Waals surface area contributed by atoms with Gasteiger partial charge in [-0.25, -0.2) is 21.9 Å². The molecule has 0 aliphatic carbocycles. The van der Waals surface area contributed by atoms with Crippen molar-refractivity contribution in [2.75, 3.05) is 19.6 Å². The Morgan fingerprint density at radius 1 is 1.06 bits per heavy atom. The predicted octanol–water partition coefficient (Wildman–Crippen LogP) is 3.32. The third-order valence-corrected chi connectivity index (χ3v) is 6.87. The van der Waals surface area contributed by atoms with E-state index in [-0.39, 0.29) is 29.9 Å². The van der Waals surface area contributed by atoms with E-state index in [1.54, 1.807) is 4.90 Å². The predicted molar refractivity (Wildman–Crippen MR) is 112 cm³/mol. The number of amides is 1. The number of carbonyl (C=O) groups is 1. The summed E-state index contributed by atoms with van der Waals surface area (Å²) >= 11 is 0. The minimum absolute atomic E-state index is 0.0222. The largest absolute Gasteiger partial charge is 0.490 e. The number of halogens is 2. The highest BCUT2D eigenvalue weighted by atomic mass is 32.2. The second kappa shape index (κ2) is 9.74. The molecule has 0 aromatic heterocycles. The molecule has 2 aromatic carbocycles. The van der Waals surface area contributed by atoms with E-state index >= 15 is 0 Å². The first-order valence-corrected chi connectivity index (χ1v) is 11.6. The molecule has 6 nitrogen and oxygen atoms in total. The number of sulfonamides is 1. The molecule has 0 spiro atoms. The number of rotatable bonds is 7. The Morgan fingerprint density at radius 2 is 1.77 bits per heavy atom. The smallest absolute Gasteiger partial charge is 0.240 e. The summed E-state index contributed by atoms with van der Waals surface area (Å²) in [7, 11) is -4.02. The molecule has 168 valence electrons. The number of nitrogens with one attached hydrogen (secondary N) is 1. The number of benzene rings is 2. The van der Waals surface area contributed by atoms with Gasteiger partial charge in [0, 0.05) is 38.9 Å². The van der Waals surface area contributed by atoms with Crippen LogP contribution in [0.2, 0.25) is 0 Å².